The van der Waals surface area contributed by atoms with E-state index in [0.29, 0.717) is 5.91 Å². The van der Waals surface area contributed by atoms with E-state index in [4.69, 9.17) is 5.73 Å². The minimum Gasteiger partial charge on any atom is -0.368 e. The number of amides is 1. The molecule has 3 aliphatic rings. The van der Waals surface area contributed by atoms with Gasteiger partial charge in [0.15, 0.2) is 0 Å². The number of aromatic nitrogens is 2. The second-order valence-electron chi connectivity index (χ2n) is 8.79. The van der Waals surface area contributed by atoms with Gasteiger partial charge in [0.1, 0.15) is 0 Å². The largest absolute Gasteiger partial charge is 0.368 e. The maximum Gasteiger partial charge on any atom is 0.233 e. The number of likely N-dealkylation sites (tertiary alicyclic amines) is 1. The first kappa shape index (κ1) is 17.8. The van der Waals surface area contributed by atoms with Gasteiger partial charge in [-0.05, 0) is 54.5 Å². The first-order chi connectivity index (χ1) is 14.7. The lowest BCUT2D eigenvalue weighted by atomic mass is 9.91. The Morgan fingerprint density at radius 1 is 1.10 bits per heavy atom. The Labute approximate surface area is 175 Å². The number of anilines is 1. The van der Waals surface area contributed by atoms with Gasteiger partial charge in [-0.15, -0.1) is 0 Å². The molecular weight excluding hydrogens is 374 g/mol. The summed E-state index contributed by atoms with van der Waals surface area (Å²) in [5, 5.41) is 4.56. The summed E-state index contributed by atoms with van der Waals surface area (Å²) in [6, 6.07) is 14.6. The molecule has 3 aromatic rings. The number of benzene rings is 2. The normalized spacial score (nSPS) is 21.7. The summed E-state index contributed by atoms with van der Waals surface area (Å²) in [4.78, 5) is 24.5. The van der Waals surface area contributed by atoms with E-state index in [2.05, 4.69) is 51.7 Å². The Hall–Kier alpha value is -2.99. The maximum atomic E-state index is 13.3. The summed E-state index contributed by atoms with van der Waals surface area (Å²) in [6.07, 6.45) is 4.07. The van der Waals surface area contributed by atoms with Gasteiger partial charge >= 0.3 is 0 Å². The van der Waals surface area contributed by atoms with Crippen molar-refractivity contribution >= 4 is 22.8 Å². The van der Waals surface area contributed by atoms with E-state index in [1.54, 1.807) is 0 Å². The van der Waals surface area contributed by atoms with E-state index in [1.165, 1.54) is 11.1 Å². The van der Waals surface area contributed by atoms with Crippen LogP contribution in [0.5, 0.6) is 0 Å². The van der Waals surface area contributed by atoms with Crippen molar-refractivity contribution in [1.29, 1.82) is 0 Å². The fourth-order valence-corrected chi connectivity index (χ4v) is 5.21. The SMILES string of the molecule is Nc1nc(C2NCc3ccccc32)c2cc(C3(C(=O)N4CCCC4)CC3)ccc2n1. The molecule has 2 aromatic carbocycles. The molecule has 1 saturated heterocycles. The molecule has 6 rings (SSSR count). The predicted octanol–water partition coefficient (Wildman–Crippen LogP) is 3.06. The number of nitrogens with one attached hydrogen (secondary N) is 1. The second-order valence-corrected chi connectivity index (χ2v) is 8.79. The molecule has 0 bridgehead atoms. The Morgan fingerprint density at radius 3 is 2.70 bits per heavy atom. The molecule has 152 valence electrons. The summed E-state index contributed by atoms with van der Waals surface area (Å²) < 4.78 is 0. The Kier molecular flexibility index (Phi) is 3.87. The van der Waals surface area contributed by atoms with Gasteiger partial charge < -0.3 is 16.0 Å². The van der Waals surface area contributed by atoms with Crippen LogP contribution in [0.1, 0.15) is 54.1 Å². The lowest BCUT2D eigenvalue weighted by Gasteiger charge is -2.24. The summed E-state index contributed by atoms with van der Waals surface area (Å²) in [5.74, 6) is 0.576. The number of rotatable bonds is 3. The van der Waals surface area contributed by atoms with Gasteiger partial charge in [-0.2, -0.15) is 0 Å². The zero-order valence-corrected chi connectivity index (χ0v) is 16.9. The quantitative estimate of drug-likeness (QED) is 0.707. The third-order valence-corrected chi connectivity index (χ3v) is 6.98. The first-order valence-corrected chi connectivity index (χ1v) is 10.8. The number of carbonyl (C=O) groups is 1. The lowest BCUT2D eigenvalue weighted by molar-refractivity contribution is -0.132. The molecule has 1 amide bonds. The molecule has 30 heavy (non-hydrogen) atoms. The average molecular weight is 399 g/mol. The van der Waals surface area contributed by atoms with Crippen LogP contribution in [0.4, 0.5) is 5.95 Å². The molecule has 1 aliphatic carbocycles. The van der Waals surface area contributed by atoms with Gasteiger partial charge in [0.2, 0.25) is 11.9 Å². The molecule has 1 unspecified atom stereocenters. The number of hydrogen-bond donors (Lipinski definition) is 2. The highest BCUT2D eigenvalue weighted by atomic mass is 16.2. The van der Waals surface area contributed by atoms with Crippen LogP contribution in [0.25, 0.3) is 10.9 Å². The molecule has 1 saturated carbocycles. The predicted molar refractivity (Wildman–Crippen MR) is 116 cm³/mol. The first-order valence-electron chi connectivity index (χ1n) is 10.8. The zero-order valence-electron chi connectivity index (χ0n) is 16.9. The molecule has 6 heteroatoms. The number of carbonyl (C=O) groups excluding carboxylic acids is 1. The zero-order chi connectivity index (χ0) is 20.3. The second kappa shape index (κ2) is 6.51. The standard InChI is InChI=1S/C24H25N5O/c25-23-27-19-8-7-16(24(9-10-24)22(30)29-11-3-4-12-29)13-18(19)21(28-23)20-17-6-2-1-5-15(17)14-26-20/h1-2,5-8,13,20,26H,3-4,9-12,14H2,(H2,25,27,28). The monoisotopic (exact) mass is 399 g/mol. The van der Waals surface area contributed by atoms with Crippen LogP contribution in [0.15, 0.2) is 42.5 Å². The topological polar surface area (TPSA) is 84.1 Å². The van der Waals surface area contributed by atoms with E-state index in [0.717, 1.165) is 67.5 Å². The number of nitrogens with two attached hydrogens (primary N) is 1. The average Bonchev–Trinajstić information content (AvgIpc) is 3.20. The van der Waals surface area contributed by atoms with Gasteiger partial charge in [-0.25, -0.2) is 9.97 Å². The van der Waals surface area contributed by atoms with Gasteiger partial charge in [-0.3, -0.25) is 4.79 Å². The number of fused-ring (bicyclic) bond motifs is 2. The molecule has 1 aromatic heterocycles. The molecule has 3 heterocycles. The maximum absolute atomic E-state index is 13.3. The van der Waals surface area contributed by atoms with Crippen molar-refractivity contribution in [3.8, 4) is 0 Å². The summed E-state index contributed by atoms with van der Waals surface area (Å²) >= 11 is 0. The van der Waals surface area contributed by atoms with Gasteiger partial charge in [0, 0.05) is 25.0 Å². The van der Waals surface area contributed by atoms with E-state index in [-0.39, 0.29) is 17.4 Å². The van der Waals surface area contributed by atoms with Gasteiger partial charge in [0.25, 0.3) is 0 Å². The van der Waals surface area contributed by atoms with Crippen molar-refractivity contribution in [2.45, 2.75) is 43.7 Å². The summed E-state index contributed by atoms with van der Waals surface area (Å²) in [6.45, 7) is 2.59. The molecule has 0 radical (unpaired) electrons. The van der Waals surface area contributed by atoms with Gasteiger partial charge in [-0.1, -0.05) is 30.3 Å². The van der Waals surface area contributed by atoms with E-state index in [9.17, 15) is 4.79 Å². The third kappa shape index (κ3) is 2.63. The highest BCUT2D eigenvalue weighted by Crippen LogP contribution is 2.51. The lowest BCUT2D eigenvalue weighted by Crippen LogP contribution is -2.37. The molecule has 3 N–H and O–H groups in total. The van der Waals surface area contributed by atoms with Crippen molar-refractivity contribution in [3.63, 3.8) is 0 Å². The van der Waals surface area contributed by atoms with Crippen LogP contribution in [0, 0.1) is 0 Å². The van der Waals surface area contributed by atoms with Crippen LogP contribution in [-0.4, -0.2) is 33.9 Å². The molecular formula is C24H25N5O. The Morgan fingerprint density at radius 2 is 1.90 bits per heavy atom. The van der Waals surface area contributed by atoms with Gasteiger partial charge in [0.05, 0.1) is 22.7 Å². The van der Waals surface area contributed by atoms with Crippen LogP contribution >= 0.6 is 0 Å². The van der Waals surface area contributed by atoms with Crippen molar-refractivity contribution in [2.24, 2.45) is 0 Å². The number of nitrogens with zero attached hydrogens (tertiary/aromatic N) is 3. The van der Waals surface area contributed by atoms with Crippen LogP contribution in [0.3, 0.4) is 0 Å². The van der Waals surface area contributed by atoms with Crippen LogP contribution < -0.4 is 11.1 Å². The van der Waals surface area contributed by atoms with E-state index in [1.807, 2.05) is 11.0 Å². The minimum absolute atomic E-state index is 0.0197. The molecule has 0 spiro atoms. The van der Waals surface area contributed by atoms with Crippen molar-refractivity contribution < 1.29 is 4.79 Å². The highest BCUT2D eigenvalue weighted by molar-refractivity contribution is 5.93. The number of hydrogen-bond acceptors (Lipinski definition) is 5. The van der Waals surface area contributed by atoms with E-state index < -0.39 is 0 Å². The van der Waals surface area contributed by atoms with Crippen molar-refractivity contribution in [3.05, 3.63) is 64.8 Å². The highest BCUT2D eigenvalue weighted by Gasteiger charge is 2.53. The summed E-state index contributed by atoms with van der Waals surface area (Å²) in [5.41, 5.74) is 11.0. The third-order valence-electron chi connectivity index (χ3n) is 6.98. The van der Waals surface area contributed by atoms with Crippen molar-refractivity contribution in [2.75, 3.05) is 18.8 Å². The van der Waals surface area contributed by atoms with Crippen molar-refractivity contribution in [1.82, 2.24) is 20.2 Å². The van der Waals surface area contributed by atoms with E-state index >= 15 is 0 Å². The Balaban J connectivity index is 1.46. The fraction of sp³-hybridized carbons (Fsp3) is 0.375. The smallest absolute Gasteiger partial charge is 0.233 e. The van der Waals surface area contributed by atoms with Crippen LogP contribution in [0.2, 0.25) is 0 Å². The molecule has 2 fully saturated rings. The fourth-order valence-electron chi connectivity index (χ4n) is 5.21. The molecule has 2 aliphatic heterocycles. The Bertz CT molecular complexity index is 1160. The minimum atomic E-state index is -0.363. The number of nitrogen functional groups attached to an aromatic ring is 1. The molecule has 1 atom stereocenters. The van der Waals surface area contributed by atoms with Crippen LogP contribution in [-0.2, 0) is 16.8 Å². The molecule has 6 nitrogen and oxygen atoms in total. The summed E-state index contributed by atoms with van der Waals surface area (Å²) in [7, 11) is 0.